The third-order valence-electron chi connectivity index (χ3n) is 5.06. The van der Waals surface area contributed by atoms with E-state index in [2.05, 4.69) is 97.6 Å². The number of pyridine rings is 1. The molecule has 0 saturated heterocycles. The van der Waals surface area contributed by atoms with Gasteiger partial charge in [0.25, 0.3) is 0 Å². The third-order valence-corrected chi connectivity index (χ3v) is 5.06. The van der Waals surface area contributed by atoms with Crippen molar-refractivity contribution >= 4 is 10.8 Å². The van der Waals surface area contributed by atoms with Crippen LogP contribution in [0.15, 0.2) is 79.0 Å². The maximum atomic E-state index is 2.35. The average Bonchev–Trinajstić information content (AvgIpc) is 2.64. The number of fused-ring (bicyclic) bond motifs is 1. The van der Waals surface area contributed by atoms with Gasteiger partial charge in [-0.2, -0.15) is 0 Å². The first-order valence-electron chi connectivity index (χ1n) is 8.55. The second-order valence-electron chi connectivity index (χ2n) is 6.57. The van der Waals surface area contributed by atoms with Gasteiger partial charge in [-0.25, -0.2) is 4.57 Å². The number of nitrogens with zero attached hydrogens (tertiary/aromatic N) is 1. The molecule has 1 nitrogen and oxygen atoms in total. The van der Waals surface area contributed by atoms with Crippen LogP contribution >= 0.6 is 0 Å². The summed E-state index contributed by atoms with van der Waals surface area (Å²) in [6.45, 7) is 2.23. The molecule has 1 aliphatic rings. The van der Waals surface area contributed by atoms with Crippen molar-refractivity contribution in [2.45, 2.75) is 19.3 Å². The summed E-state index contributed by atoms with van der Waals surface area (Å²) in [6.07, 6.45) is 12.1. The molecular formula is C23H22N+. The first-order chi connectivity index (χ1) is 11.7. The molecule has 0 fully saturated rings. The van der Waals surface area contributed by atoms with Gasteiger partial charge in [-0.05, 0) is 41.3 Å². The number of benzene rings is 2. The van der Waals surface area contributed by atoms with Gasteiger partial charge >= 0.3 is 0 Å². The molecule has 4 rings (SSSR count). The highest BCUT2D eigenvalue weighted by molar-refractivity contribution is 5.90. The van der Waals surface area contributed by atoms with Crippen molar-refractivity contribution in [3.63, 3.8) is 0 Å². The summed E-state index contributed by atoms with van der Waals surface area (Å²) in [6, 6.07) is 17.7. The number of hydrogen-bond acceptors (Lipinski definition) is 0. The monoisotopic (exact) mass is 312 g/mol. The van der Waals surface area contributed by atoms with Crippen LogP contribution in [-0.2, 0) is 7.05 Å². The molecule has 1 unspecified atom stereocenters. The van der Waals surface area contributed by atoms with Gasteiger partial charge in [0, 0.05) is 23.6 Å². The summed E-state index contributed by atoms with van der Waals surface area (Å²) in [4.78, 5) is 0. The molecule has 1 atom stereocenters. The van der Waals surface area contributed by atoms with Crippen LogP contribution in [0.25, 0.3) is 22.0 Å². The largest absolute Gasteiger partial charge is 0.212 e. The Labute approximate surface area is 143 Å². The normalized spacial score (nSPS) is 16.7. The van der Waals surface area contributed by atoms with Gasteiger partial charge in [-0.1, -0.05) is 54.6 Å². The Balaban J connectivity index is 1.85. The fraction of sp³-hybridized carbons (Fsp3) is 0.174. The Morgan fingerprint density at radius 3 is 2.71 bits per heavy atom. The van der Waals surface area contributed by atoms with E-state index in [4.69, 9.17) is 0 Å². The summed E-state index contributed by atoms with van der Waals surface area (Å²) in [5.41, 5.74) is 5.32. The molecule has 0 saturated carbocycles. The Kier molecular flexibility index (Phi) is 3.78. The smallest absolute Gasteiger partial charge is 0.201 e. The average molecular weight is 312 g/mol. The zero-order valence-corrected chi connectivity index (χ0v) is 14.2. The van der Waals surface area contributed by atoms with E-state index in [0.717, 1.165) is 6.42 Å². The number of hydrogen-bond donors (Lipinski definition) is 0. The van der Waals surface area contributed by atoms with E-state index < -0.39 is 0 Å². The lowest BCUT2D eigenvalue weighted by Crippen LogP contribution is -2.31. The number of rotatable bonds is 2. The minimum Gasteiger partial charge on any atom is -0.201 e. The zero-order valence-electron chi connectivity index (χ0n) is 14.2. The molecule has 0 bridgehead atoms. The first-order valence-corrected chi connectivity index (χ1v) is 8.55. The predicted molar refractivity (Wildman–Crippen MR) is 101 cm³/mol. The Morgan fingerprint density at radius 1 is 1.00 bits per heavy atom. The molecule has 1 aromatic heterocycles. The van der Waals surface area contributed by atoms with Crippen molar-refractivity contribution in [2.24, 2.45) is 7.05 Å². The zero-order chi connectivity index (χ0) is 16.5. The SMILES string of the molecule is Cc1c(-c2cc(C3C=CC=CC3)cc[n+]2C)ccc2ccccc12. The number of allylic oxidation sites excluding steroid dienone is 4. The maximum absolute atomic E-state index is 2.35. The molecule has 1 heterocycles. The van der Waals surface area contributed by atoms with E-state index >= 15 is 0 Å². The predicted octanol–water partition coefficient (Wildman–Crippen LogP) is 5.24. The maximum Gasteiger partial charge on any atom is 0.212 e. The van der Waals surface area contributed by atoms with E-state index in [1.54, 1.807) is 0 Å². The second kappa shape index (κ2) is 6.09. The van der Waals surface area contributed by atoms with E-state index in [1.807, 2.05) is 0 Å². The summed E-state index contributed by atoms with van der Waals surface area (Å²) < 4.78 is 2.23. The highest BCUT2D eigenvalue weighted by Gasteiger charge is 2.18. The highest BCUT2D eigenvalue weighted by Crippen LogP contribution is 2.31. The van der Waals surface area contributed by atoms with Crippen molar-refractivity contribution in [1.29, 1.82) is 0 Å². The van der Waals surface area contributed by atoms with Crippen LogP contribution in [0.5, 0.6) is 0 Å². The molecule has 2 aromatic carbocycles. The number of aryl methyl sites for hydroxylation is 2. The summed E-state index contributed by atoms with van der Waals surface area (Å²) in [7, 11) is 2.13. The topological polar surface area (TPSA) is 3.88 Å². The Bertz CT molecular complexity index is 963. The minimum absolute atomic E-state index is 0.482. The Morgan fingerprint density at radius 2 is 1.88 bits per heavy atom. The van der Waals surface area contributed by atoms with Crippen molar-refractivity contribution in [2.75, 3.05) is 0 Å². The lowest BCUT2D eigenvalue weighted by Gasteiger charge is -2.14. The van der Waals surface area contributed by atoms with Crippen LogP contribution in [0.4, 0.5) is 0 Å². The molecule has 0 aliphatic heterocycles. The van der Waals surface area contributed by atoms with Gasteiger partial charge in [-0.15, -0.1) is 0 Å². The molecule has 1 aliphatic carbocycles. The lowest BCUT2D eigenvalue weighted by atomic mass is 9.91. The molecule has 0 N–H and O–H groups in total. The quantitative estimate of drug-likeness (QED) is 0.570. The Hall–Kier alpha value is -2.67. The van der Waals surface area contributed by atoms with Crippen LogP contribution < -0.4 is 4.57 Å². The van der Waals surface area contributed by atoms with Gasteiger partial charge < -0.3 is 0 Å². The van der Waals surface area contributed by atoms with Crippen molar-refractivity contribution in [1.82, 2.24) is 0 Å². The summed E-state index contributed by atoms with van der Waals surface area (Å²) in [5, 5.41) is 2.64. The lowest BCUT2D eigenvalue weighted by molar-refractivity contribution is -0.660. The van der Waals surface area contributed by atoms with Crippen LogP contribution in [-0.4, -0.2) is 0 Å². The van der Waals surface area contributed by atoms with Gasteiger partial charge in [0.15, 0.2) is 6.20 Å². The van der Waals surface area contributed by atoms with Crippen molar-refractivity contribution in [3.05, 3.63) is 90.2 Å². The fourth-order valence-electron chi connectivity index (χ4n) is 3.62. The summed E-state index contributed by atoms with van der Waals surface area (Å²) in [5.74, 6) is 0.482. The van der Waals surface area contributed by atoms with Gasteiger partial charge in [0.1, 0.15) is 7.05 Å². The third kappa shape index (κ3) is 2.56. The molecule has 118 valence electrons. The fourth-order valence-corrected chi connectivity index (χ4v) is 3.62. The van der Waals surface area contributed by atoms with E-state index in [1.165, 1.54) is 33.2 Å². The second-order valence-corrected chi connectivity index (χ2v) is 6.57. The minimum atomic E-state index is 0.482. The van der Waals surface area contributed by atoms with Crippen molar-refractivity contribution < 1.29 is 4.57 Å². The standard InChI is InChI=1S/C23H22N/c1-17-21-11-7-6-10-19(21)12-13-22(17)23-16-20(14-15-24(23)2)18-8-4-3-5-9-18/h3-8,10-16,18H,9H2,1-2H3/q+1. The van der Waals surface area contributed by atoms with E-state index in [-0.39, 0.29) is 0 Å². The van der Waals surface area contributed by atoms with Gasteiger partial charge in [-0.3, -0.25) is 0 Å². The molecule has 3 aromatic rings. The van der Waals surface area contributed by atoms with E-state index in [9.17, 15) is 0 Å². The molecule has 24 heavy (non-hydrogen) atoms. The molecule has 0 amide bonds. The molecule has 0 spiro atoms. The van der Waals surface area contributed by atoms with Crippen LogP contribution in [0.2, 0.25) is 0 Å². The van der Waals surface area contributed by atoms with Gasteiger partial charge in [0.2, 0.25) is 5.69 Å². The molecular weight excluding hydrogens is 290 g/mol. The first kappa shape index (κ1) is 14.9. The van der Waals surface area contributed by atoms with Crippen LogP contribution in [0.1, 0.15) is 23.5 Å². The van der Waals surface area contributed by atoms with Crippen LogP contribution in [0, 0.1) is 6.92 Å². The van der Waals surface area contributed by atoms with Gasteiger partial charge in [0.05, 0.1) is 0 Å². The number of aromatic nitrogens is 1. The molecule has 1 heteroatoms. The van der Waals surface area contributed by atoms with Crippen molar-refractivity contribution in [3.8, 4) is 11.3 Å². The van der Waals surface area contributed by atoms with Crippen LogP contribution in [0.3, 0.4) is 0 Å². The van der Waals surface area contributed by atoms with E-state index in [0.29, 0.717) is 5.92 Å². The highest BCUT2D eigenvalue weighted by atomic mass is 14.9. The summed E-state index contributed by atoms with van der Waals surface area (Å²) >= 11 is 0. The molecule has 0 radical (unpaired) electrons.